The number of phenolic OH excluding ortho intramolecular Hbond substituents is 2. The van der Waals surface area contributed by atoms with E-state index in [-0.39, 0.29) is 23.4 Å². The van der Waals surface area contributed by atoms with Crippen LogP contribution in [0.4, 0.5) is 0 Å². The van der Waals surface area contributed by atoms with E-state index in [2.05, 4.69) is 17.1 Å². The first-order valence-electron chi connectivity index (χ1n) is 14.2. The van der Waals surface area contributed by atoms with Gasteiger partial charge >= 0.3 is 0 Å². The van der Waals surface area contributed by atoms with Gasteiger partial charge in [0.05, 0.1) is 24.6 Å². The molecule has 1 atom stereocenters. The third-order valence-corrected chi connectivity index (χ3v) is 7.11. The monoisotopic (exact) mass is 541 g/mol. The number of hydrogen-bond acceptors (Lipinski definition) is 6. The zero-order valence-electron chi connectivity index (χ0n) is 23.2. The Balaban J connectivity index is 1.29. The van der Waals surface area contributed by atoms with Crippen LogP contribution in [0.5, 0.6) is 17.2 Å². The first-order valence-corrected chi connectivity index (χ1v) is 14.2. The fraction of sp³-hybridized carbons (Fsp3) is 0.353. The number of aliphatic hydroxyl groups excluding tert-OH is 1. The Labute approximate surface area is 236 Å². The number of carbonyl (C=O) groups is 1. The molecule has 0 aliphatic carbocycles. The Hall–Kier alpha value is -3.90. The molecule has 40 heavy (non-hydrogen) atoms. The molecule has 1 heterocycles. The number of rotatable bonds is 15. The smallest absolute Gasteiger partial charge is 0.161 e. The summed E-state index contributed by atoms with van der Waals surface area (Å²) in [6, 6.07) is 16.7. The van der Waals surface area contributed by atoms with Crippen LogP contribution in [0.3, 0.4) is 0 Å². The van der Waals surface area contributed by atoms with E-state index in [1.54, 1.807) is 30.3 Å². The summed E-state index contributed by atoms with van der Waals surface area (Å²) in [4.78, 5) is 16.7. The average molecular weight is 542 g/mol. The van der Waals surface area contributed by atoms with Crippen molar-refractivity contribution < 1.29 is 24.9 Å². The fourth-order valence-corrected chi connectivity index (χ4v) is 4.87. The second-order valence-electron chi connectivity index (χ2n) is 10.4. The van der Waals surface area contributed by atoms with Gasteiger partial charge in [0.1, 0.15) is 5.75 Å². The van der Waals surface area contributed by atoms with Crippen molar-refractivity contribution in [3.05, 3.63) is 88.5 Å². The summed E-state index contributed by atoms with van der Waals surface area (Å²) in [5, 5.41) is 31.9. The molecule has 0 radical (unpaired) electrons. The highest BCUT2D eigenvalue weighted by Gasteiger charge is 2.10. The highest BCUT2D eigenvalue weighted by Crippen LogP contribution is 2.30. The van der Waals surface area contributed by atoms with Crippen molar-refractivity contribution in [2.45, 2.75) is 64.4 Å². The van der Waals surface area contributed by atoms with Crippen molar-refractivity contribution in [2.75, 3.05) is 13.2 Å². The summed E-state index contributed by atoms with van der Waals surface area (Å²) in [5.74, 6) is 0.745. The Bertz CT molecular complexity index is 1460. The number of aliphatic hydroxyl groups is 1. The minimum Gasteiger partial charge on any atom is -0.508 e. The van der Waals surface area contributed by atoms with Crippen molar-refractivity contribution in [1.29, 1.82) is 0 Å². The SMILES string of the molecule is CC(O)CCCCCC=CC(=O)CCc1ccc(O)c(OCCc2ccc(O)cc2-c2ccc3c(c2)=CCN=3)c1. The number of hydrogen-bond donors (Lipinski definition) is 3. The van der Waals surface area contributed by atoms with Gasteiger partial charge in [-0.2, -0.15) is 0 Å². The first kappa shape index (κ1) is 29.1. The molecular formula is C34H39NO5. The number of ketones is 1. The lowest BCUT2D eigenvalue weighted by Crippen LogP contribution is -2.20. The predicted molar refractivity (Wildman–Crippen MR) is 158 cm³/mol. The van der Waals surface area contributed by atoms with Crippen molar-refractivity contribution in [2.24, 2.45) is 4.99 Å². The second kappa shape index (κ2) is 14.5. The number of ether oxygens (including phenoxy) is 1. The van der Waals surface area contributed by atoms with Crippen LogP contribution in [0, 0.1) is 0 Å². The molecule has 4 rings (SSSR count). The maximum absolute atomic E-state index is 12.3. The van der Waals surface area contributed by atoms with Crippen molar-refractivity contribution in [3.63, 3.8) is 0 Å². The van der Waals surface area contributed by atoms with Crippen LogP contribution >= 0.6 is 0 Å². The Morgan fingerprint density at radius 2 is 1.90 bits per heavy atom. The molecule has 3 N–H and O–H groups in total. The molecule has 3 aromatic carbocycles. The summed E-state index contributed by atoms with van der Waals surface area (Å²) in [7, 11) is 0. The molecule has 6 nitrogen and oxygen atoms in total. The molecule has 1 aliphatic heterocycles. The summed E-state index contributed by atoms with van der Waals surface area (Å²) in [6.07, 6.45) is 11.8. The number of allylic oxidation sites excluding steroid dienone is 2. The Morgan fingerprint density at radius 3 is 2.75 bits per heavy atom. The second-order valence-corrected chi connectivity index (χ2v) is 10.4. The number of nitrogens with zero attached hydrogens (tertiary/aromatic N) is 1. The largest absolute Gasteiger partial charge is 0.508 e. The summed E-state index contributed by atoms with van der Waals surface area (Å²) in [5.41, 5.74) is 3.91. The van der Waals surface area contributed by atoms with Gasteiger partial charge in [-0.1, -0.05) is 43.2 Å². The molecule has 210 valence electrons. The van der Waals surface area contributed by atoms with Crippen LogP contribution < -0.4 is 15.3 Å². The van der Waals surface area contributed by atoms with Gasteiger partial charge in [-0.25, -0.2) is 0 Å². The summed E-state index contributed by atoms with van der Waals surface area (Å²) in [6.45, 7) is 2.85. The zero-order chi connectivity index (χ0) is 28.3. The summed E-state index contributed by atoms with van der Waals surface area (Å²) < 4.78 is 5.96. The molecule has 0 fully saturated rings. The van der Waals surface area contributed by atoms with Gasteiger partial charge in [0.2, 0.25) is 0 Å². The van der Waals surface area contributed by atoms with E-state index in [0.29, 0.717) is 38.2 Å². The number of phenols is 2. The summed E-state index contributed by atoms with van der Waals surface area (Å²) >= 11 is 0. The van der Waals surface area contributed by atoms with Gasteiger partial charge in [0.25, 0.3) is 0 Å². The maximum atomic E-state index is 12.3. The van der Waals surface area contributed by atoms with E-state index in [1.165, 1.54) is 0 Å². The van der Waals surface area contributed by atoms with E-state index < -0.39 is 0 Å². The van der Waals surface area contributed by atoms with Gasteiger partial charge in [0, 0.05) is 12.8 Å². The van der Waals surface area contributed by atoms with Crippen LogP contribution in [-0.2, 0) is 17.6 Å². The van der Waals surface area contributed by atoms with Crippen LogP contribution in [0.25, 0.3) is 17.2 Å². The van der Waals surface area contributed by atoms with E-state index in [4.69, 9.17) is 4.74 Å². The number of benzene rings is 3. The molecule has 0 amide bonds. The maximum Gasteiger partial charge on any atom is 0.161 e. The van der Waals surface area contributed by atoms with Gasteiger partial charge in [-0.05, 0) is 103 Å². The number of aromatic hydroxyl groups is 2. The van der Waals surface area contributed by atoms with Gasteiger partial charge in [-0.15, -0.1) is 0 Å². The standard InChI is InChI=1S/C34H39NO5/c1-24(36)7-5-3-2-4-6-8-29(37)13-9-25-10-16-33(39)34(21-25)40-20-18-26-11-14-30(38)23-31(26)27-12-15-32-28(22-27)17-19-35-32/h6,8,10-12,14-17,21-24,36,38-39H,2-5,7,9,13,18-20H2,1H3. The van der Waals surface area contributed by atoms with E-state index >= 15 is 0 Å². The van der Waals surface area contributed by atoms with Crippen LogP contribution in [0.15, 0.2) is 71.7 Å². The third kappa shape index (κ3) is 8.55. The van der Waals surface area contributed by atoms with E-state index in [1.807, 2.05) is 37.3 Å². The highest BCUT2D eigenvalue weighted by molar-refractivity contribution is 5.89. The third-order valence-electron chi connectivity index (χ3n) is 7.11. The minimum atomic E-state index is -0.244. The molecule has 6 heteroatoms. The lowest BCUT2D eigenvalue weighted by atomic mass is 9.97. The molecule has 0 aromatic heterocycles. The fourth-order valence-electron chi connectivity index (χ4n) is 4.87. The predicted octanol–water partition coefficient (Wildman–Crippen LogP) is 5.19. The molecule has 0 saturated heterocycles. The molecule has 3 aromatic rings. The topological polar surface area (TPSA) is 99.4 Å². The van der Waals surface area contributed by atoms with Gasteiger partial charge in [-0.3, -0.25) is 9.79 Å². The molecule has 0 bridgehead atoms. The van der Waals surface area contributed by atoms with E-state index in [0.717, 1.165) is 64.9 Å². The van der Waals surface area contributed by atoms with Crippen LogP contribution in [0.2, 0.25) is 0 Å². The average Bonchev–Trinajstić information content (AvgIpc) is 3.41. The number of unbranched alkanes of at least 4 members (excludes halogenated alkanes) is 3. The van der Waals surface area contributed by atoms with Crippen LogP contribution in [0.1, 0.15) is 56.6 Å². The molecule has 1 aliphatic rings. The highest BCUT2D eigenvalue weighted by atomic mass is 16.5. The van der Waals surface area contributed by atoms with Gasteiger partial charge in [0.15, 0.2) is 17.3 Å². The minimum absolute atomic E-state index is 0.0643. The molecule has 0 saturated carbocycles. The number of fused-ring (bicyclic) bond motifs is 1. The van der Waals surface area contributed by atoms with Crippen molar-refractivity contribution in [1.82, 2.24) is 0 Å². The van der Waals surface area contributed by atoms with Crippen molar-refractivity contribution in [3.8, 4) is 28.4 Å². The first-order chi connectivity index (χ1) is 19.4. The van der Waals surface area contributed by atoms with Gasteiger partial charge < -0.3 is 20.1 Å². The number of aryl methyl sites for hydroxylation is 1. The number of carbonyl (C=O) groups excluding carboxylic acids is 1. The molecular weight excluding hydrogens is 502 g/mol. The Morgan fingerprint density at radius 1 is 1.02 bits per heavy atom. The van der Waals surface area contributed by atoms with Crippen LogP contribution in [-0.4, -0.2) is 40.4 Å². The lowest BCUT2D eigenvalue weighted by Gasteiger charge is -2.13. The zero-order valence-corrected chi connectivity index (χ0v) is 23.2. The molecule has 0 spiro atoms. The lowest BCUT2D eigenvalue weighted by molar-refractivity contribution is -0.114. The normalized spacial score (nSPS) is 13.1. The van der Waals surface area contributed by atoms with E-state index in [9.17, 15) is 20.1 Å². The molecule has 1 unspecified atom stereocenters. The van der Waals surface area contributed by atoms with Crippen molar-refractivity contribution >= 4 is 11.9 Å². The Kier molecular flexibility index (Phi) is 10.5. The quantitative estimate of drug-likeness (QED) is 0.182.